The molecule has 0 spiro atoms. The minimum atomic E-state index is -4.73. The fourth-order valence-electron chi connectivity index (χ4n) is 2.36. The molecule has 0 bridgehead atoms. The number of carbonyl (C=O) groups excluding carboxylic acids is 2. The van der Waals surface area contributed by atoms with Gasteiger partial charge in [-0.15, -0.1) is 13.2 Å². The molecule has 1 aliphatic rings. The summed E-state index contributed by atoms with van der Waals surface area (Å²) in [6, 6.07) is -1.31. The summed E-state index contributed by atoms with van der Waals surface area (Å²) >= 11 is 0. The Morgan fingerprint density at radius 1 is 1.26 bits per heavy atom. The molecular formula is C14H23F3N2O4. The molecule has 0 aromatic heterocycles. The van der Waals surface area contributed by atoms with Crippen LogP contribution < -0.4 is 5.32 Å². The van der Waals surface area contributed by atoms with Crippen LogP contribution in [0.25, 0.3) is 0 Å². The Morgan fingerprint density at radius 3 is 2.30 bits per heavy atom. The third kappa shape index (κ3) is 6.64. The van der Waals surface area contributed by atoms with Crippen molar-refractivity contribution in [2.45, 2.75) is 71.2 Å². The highest BCUT2D eigenvalue weighted by atomic mass is 19.4. The van der Waals surface area contributed by atoms with E-state index in [4.69, 9.17) is 4.74 Å². The highest BCUT2D eigenvalue weighted by Gasteiger charge is 2.41. The first kappa shape index (κ1) is 19.5. The predicted octanol–water partition coefficient (Wildman–Crippen LogP) is 2.43. The number of nitrogens with one attached hydrogen (secondary N) is 1. The number of carbonyl (C=O) groups is 2. The second kappa shape index (κ2) is 6.94. The molecular weight excluding hydrogens is 317 g/mol. The average Bonchev–Trinajstić information content (AvgIpc) is 2.63. The minimum Gasteiger partial charge on any atom is -0.444 e. The molecule has 0 radical (unpaired) electrons. The largest absolute Gasteiger partial charge is 0.522 e. The van der Waals surface area contributed by atoms with E-state index in [1.165, 1.54) is 11.8 Å². The van der Waals surface area contributed by atoms with Gasteiger partial charge < -0.3 is 15.0 Å². The molecule has 1 aliphatic heterocycles. The Hall–Kier alpha value is -1.51. The number of alkyl halides is 3. The van der Waals surface area contributed by atoms with Crippen LogP contribution in [-0.4, -0.2) is 53.6 Å². The molecule has 1 fully saturated rings. The molecule has 0 unspecified atom stereocenters. The van der Waals surface area contributed by atoms with Crippen LogP contribution in [0.2, 0.25) is 0 Å². The number of halogens is 3. The smallest absolute Gasteiger partial charge is 0.444 e. The van der Waals surface area contributed by atoms with Crippen molar-refractivity contribution in [2.24, 2.45) is 0 Å². The van der Waals surface area contributed by atoms with Gasteiger partial charge in [0, 0.05) is 12.6 Å². The lowest BCUT2D eigenvalue weighted by molar-refractivity contribution is -0.340. The van der Waals surface area contributed by atoms with Crippen molar-refractivity contribution >= 4 is 12.0 Å². The van der Waals surface area contributed by atoms with Crippen LogP contribution in [0.15, 0.2) is 0 Å². The second-order valence-corrected chi connectivity index (χ2v) is 6.63. The van der Waals surface area contributed by atoms with Gasteiger partial charge in [-0.25, -0.2) is 4.79 Å². The quantitative estimate of drug-likeness (QED) is 0.857. The number of alkyl carbamates (subject to hydrolysis) is 1. The summed E-state index contributed by atoms with van der Waals surface area (Å²) in [6.45, 7) is 7.97. The molecule has 9 heteroatoms. The van der Waals surface area contributed by atoms with Crippen LogP contribution in [0, 0.1) is 0 Å². The number of nitrogens with zero attached hydrogens (tertiary/aromatic N) is 1. The van der Waals surface area contributed by atoms with Crippen LogP contribution >= 0.6 is 0 Å². The second-order valence-electron chi connectivity index (χ2n) is 6.63. The SMILES string of the molecule is C[C@@H](NC(=O)OC(C)(C)C)C(=O)N1C[C@@H](OC(F)(F)F)C[C@@H]1C. The number of rotatable bonds is 3. The van der Waals surface area contributed by atoms with Gasteiger partial charge in [0.1, 0.15) is 11.6 Å². The number of hydrogen-bond acceptors (Lipinski definition) is 4. The van der Waals surface area contributed by atoms with E-state index in [9.17, 15) is 22.8 Å². The number of likely N-dealkylation sites (tertiary alicyclic amines) is 1. The summed E-state index contributed by atoms with van der Waals surface area (Å²) in [7, 11) is 0. The lowest BCUT2D eigenvalue weighted by Gasteiger charge is -2.26. The normalized spacial score (nSPS) is 23.6. The Morgan fingerprint density at radius 2 is 1.83 bits per heavy atom. The van der Waals surface area contributed by atoms with Crippen molar-refractivity contribution in [3.05, 3.63) is 0 Å². The highest BCUT2D eigenvalue weighted by molar-refractivity contribution is 5.85. The van der Waals surface area contributed by atoms with Gasteiger partial charge in [-0.2, -0.15) is 0 Å². The topological polar surface area (TPSA) is 67.9 Å². The van der Waals surface area contributed by atoms with Crippen LogP contribution in [-0.2, 0) is 14.3 Å². The maximum absolute atomic E-state index is 12.3. The maximum Gasteiger partial charge on any atom is 0.522 e. The van der Waals surface area contributed by atoms with Gasteiger partial charge in [0.25, 0.3) is 0 Å². The van der Waals surface area contributed by atoms with Gasteiger partial charge in [-0.05, 0) is 41.0 Å². The fraction of sp³-hybridized carbons (Fsp3) is 0.857. The molecule has 1 N–H and O–H groups in total. The molecule has 23 heavy (non-hydrogen) atoms. The summed E-state index contributed by atoms with van der Waals surface area (Å²) in [6.07, 6.45) is -6.50. The first-order valence-electron chi connectivity index (χ1n) is 7.33. The van der Waals surface area contributed by atoms with Gasteiger partial charge in [0.05, 0.1) is 6.10 Å². The first-order valence-corrected chi connectivity index (χ1v) is 7.33. The zero-order valence-corrected chi connectivity index (χ0v) is 13.9. The molecule has 0 aromatic carbocycles. The third-order valence-corrected chi connectivity index (χ3v) is 3.22. The molecule has 0 aromatic rings. The van der Waals surface area contributed by atoms with E-state index in [2.05, 4.69) is 10.1 Å². The lowest BCUT2D eigenvalue weighted by Crippen LogP contribution is -2.49. The van der Waals surface area contributed by atoms with Gasteiger partial charge >= 0.3 is 12.5 Å². The standard InChI is InChI=1S/C14H23F3N2O4/c1-8-6-10(22-14(15,16)17)7-19(8)11(20)9(2)18-12(21)23-13(3,4)5/h8-10H,6-7H2,1-5H3,(H,18,21)/t8-,9+,10-/m0/s1. The van der Waals surface area contributed by atoms with Gasteiger partial charge in [-0.3, -0.25) is 9.53 Å². The van der Waals surface area contributed by atoms with Crippen molar-refractivity contribution in [2.75, 3.05) is 6.54 Å². The number of hydrogen-bond donors (Lipinski definition) is 1. The van der Waals surface area contributed by atoms with Crippen LogP contribution in [0.3, 0.4) is 0 Å². The van der Waals surface area contributed by atoms with E-state index in [-0.39, 0.29) is 13.0 Å². The summed E-state index contributed by atoms with van der Waals surface area (Å²) in [5, 5.41) is 2.38. The molecule has 134 valence electrons. The van der Waals surface area contributed by atoms with E-state index in [1.807, 2.05) is 0 Å². The first-order chi connectivity index (χ1) is 10.3. The summed E-state index contributed by atoms with van der Waals surface area (Å²) in [5.74, 6) is -0.475. The predicted molar refractivity (Wildman–Crippen MR) is 75.6 cm³/mol. The Bertz CT molecular complexity index is 448. The number of ether oxygens (including phenoxy) is 2. The monoisotopic (exact) mass is 340 g/mol. The molecule has 1 rings (SSSR count). The Labute approximate surface area is 133 Å². The van der Waals surface area contributed by atoms with E-state index in [0.717, 1.165) is 0 Å². The van der Waals surface area contributed by atoms with Crippen molar-refractivity contribution in [1.82, 2.24) is 10.2 Å². The molecule has 6 nitrogen and oxygen atoms in total. The summed E-state index contributed by atoms with van der Waals surface area (Å²) < 4.78 is 45.8. The zero-order valence-electron chi connectivity index (χ0n) is 13.9. The summed E-state index contributed by atoms with van der Waals surface area (Å²) in [4.78, 5) is 25.2. The van der Waals surface area contributed by atoms with Crippen molar-refractivity contribution < 1.29 is 32.2 Å². The van der Waals surface area contributed by atoms with Gasteiger partial charge in [0.2, 0.25) is 5.91 Å². The van der Waals surface area contributed by atoms with Crippen molar-refractivity contribution in [3.63, 3.8) is 0 Å². The van der Waals surface area contributed by atoms with Crippen molar-refractivity contribution in [3.8, 4) is 0 Å². The molecule has 1 saturated heterocycles. The van der Waals surface area contributed by atoms with E-state index >= 15 is 0 Å². The fourth-order valence-corrected chi connectivity index (χ4v) is 2.36. The number of amides is 2. The minimum absolute atomic E-state index is 0.0877. The van der Waals surface area contributed by atoms with Crippen LogP contribution in [0.4, 0.5) is 18.0 Å². The van der Waals surface area contributed by atoms with Gasteiger partial charge in [0.15, 0.2) is 0 Å². The molecule has 3 atom stereocenters. The molecule has 1 heterocycles. The lowest BCUT2D eigenvalue weighted by atomic mass is 10.2. The molecule has 0 aliphatic carbocycles. The molecule has 0 saturated carbocycles. The zero-order chi connectivity index (χ0) is 18.0. The van der Waals surface area contributed by atoms with Crippen molar-refractivity contribution in [1.29, 1.82) is 0 Å². The summed E-state index contributed by atoms with van der Waals surface area (Å²) in [5.41, 5.74) is -0.709. The Balaban J connectivity index is 2.58. The third-order valence-electron chi connectivity index (χ3n) is 3.22. The average molecular weight is 340 g/mol. The van der Waals surface area contributed by atoms with Gasteiger partial charge in [-0.1, -0.05) is 0 Å². The molecule has 2 amide bonds. The highest BCUT2D eigenvalue weighted by Crippen LogP contribution is 2.27. The Kier molecular flexibility index (Phi) is 5.89. The van der Waals surface area contributed by atoms with Crippen LogP contribution in [0.5, 0.6) is 0 Å². The van der Waals surface area contributed by atoms with E-state index in [1.54, 1.807) is 27.7 Å². The van der Waals surface area contributed by atoms with Crippen LogP contribution in [0.1, 0.15) is 41.0 Å². The van der Waals surface area contributed by atoms with E-state index in [0.29, 0.717) is 0 Å². The maximum atomic E-state index is 12.3. The van der Waals surface area contributed by atoms with E-state index < -0.39 is 42.2 Å².